The van der Waals surface area contributed by atoms with E-state index >= 15 is 0 Å². The first-order chi connectivity index (χ1) is 10.4. The van der Waals surface area contributed by atoms with Crippen molar-refractivity contribution in [3.63, 3.8) is 0 Å². The van der Waals surface area contributed by atoms with Gasteiger partial charge in [0.15, 0.2) is 0 Å². The SMILES string of the molecule is COc1ccc(CN(CC(C)C)CC(O)COC(C)C)cc1. The monoisotopic (exact) mass is 309 g/mol. The third kappa shape index (κ3) is 7.78. The van der Waals surface area contributed by atoms with Crippen LogP contribution in [0.3, 0.4) is 0 Å². The topological polar surface area (TPSA) is 41.9 Å². The van der Waals surface area contributed by atoms with E-state index in [1.807, 2.05) is 26.0 Å². The number of benzene rings is 1. The van der Waals surface area contributed by atoms with E-state index in [1.54, 1.807) is 7.11 Å². The van der Waals surface area contributed by atoms with Gasteiger partial charge >= 0.3 is 0 Å². The molecule has 0 aromatic heterocycles. The minimum atomic E-state index is -0.459. The van der Waals surface area contributed by atoms with Gasteiger partial charge in [-0.3, -0.25) is 4.90 Å². The summed E-state index contributed by atoms with van der Waals surface area (Å²) < 4.78 is 10.7. The van der Waals surface area contributed by atoms with Gasteiger partial charge in [0.1, 0.15) is 5.75 Å². The molecule has 0 radical (unpaired) electrons. The van der Waals surface area contributed by atoms with Crippen LogP contribution in [0.15, 0.2) is 24.3 Å². The van der Waals surface area contributed by atoms with Crippen LogP contribution in [0.25, 0.3) is 0 Å². The number of aliphatic hydroxyl groups excluding tert-OH is 1. The first kappa shape index (κ1) is 18.9. The van der Waals surface area contributed by atoms with E-state index in [-0.39, 0.29) is 6.10 Å². The molecule has 1 aromatic carbocycles. The molecule has 0 aliphatic carbocycles. The molecule has 0 spiro atoms. The van der Waals surface area contributed by atoms with Gasteiger partial charge in [-0.05, 0) is 37.5 Å². The largest absolute Gasteiger partial charge is 0.497 e. The molecular weight excluding hydrogens is 278 g/mol. The normalized spacial score (nSPS) is 13.1. The zero-order valence-electron chi connectivity index (χ0n) is 14.6. The molecular formula is C18H31NO3. The van der Waals surface area contributed by atoms with Crippen molar-refractivity contribution in [2.45, 2.75) is 46.4 Å². The number of hydrogen-bond acceptors (Lipinski definition) is 4. The lowest BCUT2D eigenvalue weighted by Gasteiger charge is -2.27. The quantitative estimate of drug-likeness (QED) is 0.721. The Labute approximate surface area is 135 Å². The first-order valence-electron chi connectivity index (χ1n) is 8.05. The highest BCUT2D eigenvalue weighted by molar-refractivity contribution is 5.27. The molecule has 1 rings (SSSR count). The minimum Gasteiger partial charge on any atom is -0.497 e. The summed E-state index contributed by atoms with van der Waals surface area (Å²) in [5, 5.41) is 10.2. The molecule has 126 valence electrons. The Bertz CT molecular complexity index is 403. The maximum atomic E-state index is 10.2. The summed E-state index contributed by atoms with van der Waals surface area (Å²) in [6, 6.07) is 8.09. The van der Waals surface area contributed by atoms with Crippen LogP contribution in [0.4, 0.5) is 0 Å². The molecule has 0 fully saturated rings. The lowest BCUT2D eigenvalue weighted by molar-refractivity contribution is -0.0108. The predicted octanol–water partition coefficient (Wildman–Crippen LogP) is 2.94. The number of aliphatic hydroxyl groups is 1. The second-order valence-electron chi connectivity index (χ2n) is 6.47. The summed E-state index contributed by atoms with van der Waals surface area (Å²) in [6.45, 7) is 11.1. The van der Waals surface area contributed by atoms with E-state index in [2.05, 4.69) is 30.9 Å². The Morgan fingerprint density at radius 3 is 2.18 bits per heavy atom. The summed E-state index contributed by atoms with van der Waals surface area (Å²) in [7, 11) is 1.67. The molecule has 4 heteroatoms. The average molecular weight is 309 g/mol. The van der Waals surface area contributed by atoms with Gasteiger partial charge in [0, 0.05) is 19.6 Å². The molecule has 0 bridgehead atoms. The number of hydrogen-bond donors (Lipinski definition) is 1. The van der Waals surface area contributed by atoms with E-state index in [1.165, 1.54) is 5.56 Å². The maximum absolute atomic E-state index is 10.2. The zero-order chi connectivity index (χ0) is 16.5. The van der Waals surface area contributed by atoms with Crippen molar-refractivity contribution in [2.24, 2.45) is 5.92 Å². The van der Waals surface area contributed by atoms with Crippen molar-refractivity contribution in [3.8, 4) is 5.75 Å². The van der Waals surface area contributed by atoms with Crippen LogP contribution in [0.1, 0.15) is 33.3 Å². The molecule has 0 aliphatic rings. The Morgan fingerprint density at radius 2 is 1.68 bits per heavy atom. The van der Waals surface area contributed by atoms with Crippen LogP contribution in [0.5, 0.6) is 5.75 Å². The van der Waals surface area contributed by atoms with Crippen LogP contribution in [-0.4, -0.2) is 49.0 Å². The minimum absolute atomic E-state index is 0.148. The second kappa shape index (κ2) is 9.82. The van der Waals surface area contributed by atoms with E-state index in [0.29, 0.717) is 19.1 Å². The van der Waals surface area contributed by atoms with Gasteiger partial charge in [0.25, 0.3) is 0 Å². The third-order valence-corrected chi connectivity index (χ3v) is 3.28. The van der Waals surface area contributed by atoms with E-state index in [0.717, 1.165) is 18.8 Å². The first-order valence-corrected chi connectivity index (χ1v) is 8.05. The average Bonchev–Trinajstić information content (AvgIpc) is 2.45. The standard InChI is InChI=1S/C18H31NO3/c1-14(2)10-19(12-17(20)13-22-15(3)4)11-16-6-8-18(21-5)9-7-16/h6-9,14-15,17,20H,10-13H2,1-5H3. The molecule has 0 saturated carbocycles. The number of nitrogens with zero attached hydrogens (tertiary/aromatic N) is 1. The Morgan fingerprint density at radius 1 is 1.05 bits per heavy atom. The molecule has 0 amide bonds. The van der Waals surface area contributed by atoms with Gasteiger partial charge in [-0.1, -0.05) is 26.0 Å². The highest BCUT2D eigenvalue weighted by Crippen LogP contribution is 2.14. The third-order valence-electron chi connectivity index (χ3n) is 3.28. The van der Waals surface area contributed by atoms with Crippen molar-refractivity contribution in [2.75, 3.05) is 26.8 Å². The van der Waals surface area contributed by atoms with Gasteiger partial charge in [0.05, 0.1) is 25.9 Å². The Hall–Kier alpha value is -1.10. The summed E-state index contributed by atoms with van der Waals surface area (Å²) in [5.74, 6) is 1.42. The van der Waals surface area contributed by atoms with Crippen LogP contribution in [0, 0.1) is 5.92 Å². The molecule has 22 heavy (non-hydrogen) atoms. The summed E-state index contributed by atoms with van der Waals surface area (Å²) in [5.41, 5.74) is 1.22. The van der Waals surface area contributed by atoms with Gasteiger partial charge in [-0.2, -0.15) is 0 Å². The molecule has 1 unspecified atom stereocenters. The molecule has 0 heterocycles. The van der Waals surface area contributed by atoms with Crippen molar-refractivity contribution in [3.05, 3.63) is 29.8 Å². The van der Waals surface area contributed by atoms with Crippen LogP contribution < -0.4 is 4.74 Å². The fraction of sp³-hybridized carbons (Fsp3) is 0.667. The summed E-state index contributed by atoms with van der Waals surface area (Å²) in [6.07, 6.45) is -0.311. The van der Waals surface area contributed by atoms with E-state index in [9.17, 15) is 5.11 Å². The molecule has 0 saturated heterocycles. The van der Waals surface area contributed by atoms with Gasteiger partial charge < -0.3 is 14.6 Å². The van der Waals surface area contributed by atoms with E-state index < -0.39 is 6.10 Å². The fourth-order valence-corrected chi connectivity index (χ4v) is 2.36. The predicted molar refractivity (Wildman–Crippen MR) is 90.2 cm³/mol. The Balaban J connectivity index is 2.58. The highest BCUT2D eigenvalue weighted by Gasteiger charge is 2.14. The second-order valence-corrected chi connectivity index (χ2v) is 6.47. The van der Waals surface area contributed by atoms with Gasteiger partial charge in [0.2, 0.25) is 0 Å². The van der Waals surface area contributed by atoms with Crippen LogP contribution in [0.2, 0.25) is 0 Å². The lowest BCUT2D eigenvalue weighted by atomic mass is 10.1. The van der Waals surface area contributed by atoms with Gasteiger partial charge in [-0.25, -0.2) is 0 Å². The summed E-state index contributed by atoms with van der Waals surface area (Å²) in [4.78, 5) is 2.28. The van der Waals surface area contributed by atoms with Crippen molar-refractivity contribution in [1.82, 2.24) is 4.90 Å². The molecule has 1 N–H and O–H groups in total. The van der Waals surface area contributed by atoms with Crippen molar-refractivity contribution in [1.29, 1.82) is 0 Å². The number of ether oxygens (including phenoxy) is 2. The zero-order valence-corrected chi connectivity index (χ0v) is 14.6. The fourth-order valence-electron chi connectivity index (χ4n) is 2.36. The summed E-state index contributed by atoms with van der Waals surface area (Å²) >= 11 is 0. The molecule has 1 aromatic rings. The van der Waals surface area contributed by atoms with Crippen LogP contribution >= 0.6 is 0 Å². The van der Waals surface area contributed by atoms with Crippen molar-refractivity contribution < 1.29 is 14.6 Å². The maximum Gasteiger partial charge on any atom is 0.118 e. The van der Waals surface area contributed by atoms with Crippen molar-refractivity contribution >= 4 is 0 Å². The molecule has 0 aliphatic heterocycles. The molecule has 1 atom stereocenters. The lowest BCUT2D eigenvalue weighted by Crippen LogP contribution is -2.37. The highest BCUT2D eigenvalue weighted by atomic mass is 16.5. The van der Waals surface area contributed by atoms with E-state index in [4.69, 9.17) is 9.47 Å². The smallest absolute Gasteiger partial charge is 0.118 e. The molecule has 4 nitrogen and oxygen atoms in total. The van der Waals surface area contributed by atoms with Crippen LogP contribution in [-0.2, 0) is 11.3 Å². The Kier molecular flexibility index (Phi) is 8.46. The number of methoxy groups -OCH3 is 1. The van der Waals surface area contributed by atoms with Gasteiger partial charge in [-0.15, -0.1) is 0 Å². The number of rotatable bonds is 10.